The van der Waals surface area contributed by atoms with Crippen molar-refractivity contribution in [2.24, 2.45) is 0 Å². The summed E-state index contributed by atoms with van der Waals surface area (Å²) in [5, 5.41) is 0. The largest absolute Gasteiger partial charge is 0.353 e. The lowest BCUT2D eigenvalue weighted by molar-refractivity contribution is -0.578. The fourth-order valence-corrected chi connectivity index (χ4v) is 5.23. The monoisotopic (exact) mass is 401 g/mol. The molecule has 110 valence electrons. The van der Waals surface area contributed by atoms with E-state index in [1.165, 1.54) is 12.7 Å². The molecule has 1 nitrogen and oxygen atoms in total. The van der Waals surface area contributed by atoms with E-state index in [0.29, 0.717) is 0 Å². The minimum absolute atomic E-state index is 0.207. The zero-order valence-electron chi connectivity index (χ0n) is 12.6. The van der Waals surface area contributed by atoms with Gasteiger partial charge in [0.25, 0.3) is 0 Å². The van der Waals surface area contributed by atoms with Crippen molar-refractivity contribution in [2.45, 2.75) is 19.8 Å². The van der Waals surface area contributed by atoms with Gasteiger partial charge < -0.3 is 0 Å². The van der Waals surface area contributed by atoms with E-state index >= 15 is 0 Å². The van der Waals surface area contributed by atoms with Crippen LogP contribution >= 0.6 is 0 Å². The summed E-state index contributed by atoms with van der Waals surface area (Å²) in [6.07, 6.45) is 4.01. The second kappa shape index (κ2) is 7.05. The standard InChI is InChI=1S/C20H18IO/c1-15-12-13-19(21-17-10-6-3-7-11-17)18(14-15)20(22)16-8-4-2-5-9-16/h2-12H,13-14H2,1H3/q+1. The zero-order chi connectivity index (χ0) is 15.4. The third-order valence-electron chi connectivity index (χ3n) is 3.68. The van der Waals surface area contributed by atoms with Crippen LogP contribution in [0.3, 0.4) is 0 Å². The molecule has 22 heavy (non-hydrogen) atoms. The zero-order valence-corrected chi connectivity index (χ0v) is 14.7. The summed E-state index contributed by atoms with van der Waals surface area (Å²) in [7, 11) is 0. The van der Waals surface area contributed by atoms with E-state index in [1.807, 2.05) is 36.4 Å². The predicted octanol–water partition coefficient (Wildman–Crippen LogP) is 1.82. The second-order valence-corrected chi connectivity index (χ2v) is 8.49. The van der Waals surface area contributed by atoms with Crippen molar-refractivity contribution in [1.29, 1.82) is 0 Å². The van der Waals surface area contributed by atoms with E-state index in [9.17, 15) is 4.79 Å². The number of ketones is 1. The average Bonchev–Trinajstić information content (AvgIpc) is 2.57. The molecule has 1 aliphatic rings. The summed E-state index contributed by atoms with van der Waals surface area (Å²) < 4.78 is 2.74. The molecule has 2 heteroatoms. The van der Waals surface area contributed by atoms with Gasteiger partial charge in [-0.25, -0.2) is 0 Å². The Hall–Kier alpha value is -1.68. The maximum absolute atomic E-state index is 12.9. The van der Waals surface area contributed by atoms with E-state index < -0.39 is 0 Å². The van der Waals surface area contributed by atoms with Crippen LogP contribution in [0.2, 0.25) is 0 Å². The highest BCUT2D eigenvalue weighted by Crippen LogP contribution is 2.23. The molecule has 2 aromatic carbocycles. The summed E-state index contributed by atoms with van der Waals surface area (Å²) in [5.74, 6) is 0.207. The summed E-state index contributed by atoms with van der Waals surface area (Å²) in [5.41, 5.74) is 3.14. The molecule has 0 fully saturated rings. The van der Waals surface area contributed by atoms with E-state index in [2.05, 4.69) is 37.3 Å². The smallest absolute Gasteiger partial charge is 0.289 e. The molecule has 3 rings (SSSR count). The molecule has 0 radical (unpaired) electrons. The molecule has 0 N–H and O–H groups in total. The van der Waals surface area contributed by atoms with Crippen LogP contribution in [0.25, 0.3) is 0 Å². The minimum atomic E-state index is -0.265. The van der Waals surface area contributed by atoms with Crippen LogP contribution < -0.4 is 21.2 Å². The number of carbonyl (C=O) groups is 1. The molecule has 0 aromatic heterocycles. The highest BCUT2D eigenvalue weighted by Gasteiger charge is 2.29. The van der Waals surface area contributed by atoms with Gasteiger partial charge in [-0.3, -0.25) is 4.79 Å². The van der Waals surface area contributed by atoms with E-state index in [-0.39, 0.29) is 27.0 Å². The molecule has 0 heterocycles. The van der Waals surface area contributed by atoms with Gasteiger partial charge in [0.2, 0.25) is 0 Å². The first-order valence-electron chi connectivity index (χ1n) is 7.41. The number of hydrogen-bond donors (Lipinski definition) is 0. The van der Waals surface area contributed by atoms with E-state index in [0.717, 1.165) is 24.0 Å². The van der Waals surface area contributed by atoms with Crippen LogP contribution in [0.4, 0.5) is 0 Å². The number of Topliss-reactive ketones (excluding diaryl/α,β-unsaturated/α-hetero) is 1. The first-order valence-corrected chi connectivity index (χ1v) is 9.57. The lowest BCUT2D eigenvalue weighted by Gasteiger charge is -2.12. The lowest BCUT2D eigenvalue weighted by atomic mass is 9.93. The lowest BCUT2D eigenvalue weighted by Crippen LogP contribution is -3.61. The van der Waals surface area contributed by atoms with Gasteiger partial charge in [0.1, 0.15) is 0 Å². The molecule has 0 spiro atoms. The average molecular weight is 401 g/mol. The van der Waals surface area contributed by atoms with Gasteiger partial charge >= 0.3 is 21.2 Å². The Kier molecular flexibility index (Phi) is 4.88. The number of benzene rings is 2. The summed E-state index contributed by atoms with van der Waals surface area (Å²) in [6, 6.07) is 20.2. The molecule has 0 saturated carbocycles. The maximum Gasteiger partial charge on any atom is 0.353 e. The van der Waals surface area contributed by atoms with Gasteiger partial charge in [0, 0.05) is 18.4 Å². The van der Waals surface area contributed by atoms with Gasteiger partial charge in [0.15, 0.2) is 12.9 Å². The first kappa shape index (κ1) is 15.2. The van der Waals surface area contributed by atoms with Crippen LogP contribution in [0.15, 0.2) is 81.5 Å². The Labute approximate surface area is 142 Å². The summed E-state index contributed by atoms with van der Waals surface area (Å²) in [4.78, 5) is 12.9. The van der Waals surface area contributed by atoms with Gasteiger partial charge in [-0.1, -0.05) is 60.2 Å². The highest BCUT2D eigenvalue weighted by atomic mass is 127. The topological polar surface area (TPSA) is 17.1 Å². The fraction of sp³-hybridized carbons (Fsp3) is 0.150. The number of hydrogen-bond acceptors (Lipinski definition) is 1. The number of allylic oxidation sites excluding steroid dienone is 4. The third kappa shape index (κ3) is 3.55. The van der Waals surface area contributed by atoms with Crippen molar-refractivity contribution in [1.82, 2.24) is 0 Å². The van der Waals surface area contributed by atoms with Crippen LogP contribution in [0.1, 0.15) is 30.1 Å². The fourth-order valence-electron chi connectivity index (χ4n) is 2.51. The van der Waals surface area contributed by atoms with Crippen LogP contribution in [-0.4, -0.2) is 5.78 Å². The Morgan fingerprint density at radius 3 is 2.27 bits per heavy atom. The van der Waals surface area contributed by atoms with Crippen molar-refractivity contribution >= 4 is 5.78 Å². The highest BCUT2D eigenvalue weighted by molar-refractivity contribution is 6.09. The van der Waals surface area contributed by atoms with Gasteiger partial charge in [0.05, 0.1) is 5.57 Å². The number of rotatable bonds is 4. The number of carbonyl (C=O) groups excluding carboxylic acids is 1. The Morgan fingerprint density at radius 2 is 1.59 bits per heavy atom. The summed E-state index contributed by atoms with van der Waals surface area (Å²) in [6.45, 7) is 2.12. The molecule has 0 bridgehead atoms. The molecule has 0 atom stereocenters. The molecular formula is C20H18IO+. The van der Waals surface area contributed by atoms with Crippen LogP contribution in [0, 0.1) is 3.57 Å². The maximum atomic E-state index is 12.9. The molecule has 0 amide bonds. The van der Waals surface area contributed by atoms with Gasteiger partial charge in [-0.2, -0.15) is 0 Å². The quantitative estimate of drug-likeness (QED) is 0.434. The molecule has 1 aliphatic carbocycles. The molecule has 2 aromatic rings. The van der Waals surface area contributed by atoms with Crippen molar-refractivity contribution in [2.75, 3.05) is 0 Å². The van der Waals surface area contributed by atoms with Crippen molar-refractivity contribution < 1.29 is 26.0 Å². The van der Waals surface area contributed by atoms with Crippen molar-refractivity contribution in [3.63, 3.8) is 0 Å². The van der Waals surface area contributed by atoms with E-state index in [4.69, 9.17) is 0 Å². The van der Waals surface area contributed by atoms with Crippen LogP contribution in [-0.2, 0) is 0 Å². The Morgan fingerprint density at radius 1 is 0.955 bits per heavy atom. The Balaban J connectivity index is 1.93. The molecule has 0 aliphatic heterocycles. The minimum Gasteiger partial charge on any atom is -0.289 e. The number of halogens is 1. The molecule has 0 unspecified atom stereocenters. The van der Waals surface area contributed by atoms with Gasteiger partial charge in [-0.15, -0.1) is 0 Å². The van der Waals surface area contributed by atoms with Gasteiger partial charge in [-0.05, 0) is 19.1 Å². The predicted molar refractivity (Wildman–Crippen MR) is 85.9 cm³/mol. The first-order chi connectivity index (χ1) is 10.7. The normalized spacial score (nSPS) is 14.7. The van der Waals surface area contributed by atoms with E-state index in [1.54, 1.807) is 0 Å². The van der Waals surface area contributed by atoms with Crippen molar-refractivity contribution in [3.05, 3.63) is 90.6 Å². The molecular weight excluding hydrogens is 383 g/mol. The SMILES string of the molecule is CC1=CCC([I+]c2ccccc2)=C(C(=O)c2ccccc2)C1. The molecule has 0 saturated heterocycles. The Bertz CT molecular complexity index is 727. The van der Waals surface area contributed by atoms with Crippen molar-refractivity contribution in [3.8, 4) is 0 Å². The third-order valence-corrected chi connectivity index (χ3v) is 6.76. The summed E-state index contributed by atoms with van der Waals surface area (Å²) >= 11 is -0.265. The van der Waals surface area contributed by atoms with Crippen LogP contribution in [0.5, 0.6) is 0 Å². The second-order valence-electron chi connectivity index (χ2n) is 5.40.